The molecule has 1 saturated carbocycles. The molecule has 0 N–H and O–H groups in total. The maximum atomic E-state index is 11.5. The molecule has 0 aliphatic heterocycles. The maximum absolute atomic E-state index is 11.5. The van der Waals surface area contributed by atoms with Gasteiger partial charge in [0.1, 0.15) is 5.75 Å². The fourth-order valence-electron chi connectivity index (χ4n) is 3.85. The van der Waals surface area contributed by atoms with Gasteiger partial charge in [-0.05, 0) is 43.2 Å². The van der Waals surface area contributed by atoms with Crippen LogP contribution in [0, 0.1) is 11.8 Å². The Kier molecular flexibility index (Phi) is 8.99. The van der Waals surface area contributed by atoms with E-state index in [1.165, 1.54) is 57.8 Å². The van der Waals surface area contributed by atoms with E-state index in [9.17, 15) is 4.79 Å². The summed E-state index contributed by atoms with van der Waals surface area (Å²) in [6.07, 6.45) is 16.5. The van der Waals surface area contributed by atoms with E-state index in [-0.39, 0.29) is 5.97 Å². The first-order valence-electron chi connectivity index (χ1n) is 10.4. The van der Waals surface area contributed by atoms with Crippen molar-refractivity contribution in [3.05, 3.63) is 24.0 Å². The monoisotopic (exact) mass is 345 g/mol. The Morgan fingerprint density at radius 3 is 2.36 bits per heavy atom. The summed E-state index contributed by atoms with van der Waals surface area (Å²) in [6, 6.07) is 3.88. The molecule has 0 saturated heterocycles. The average Bonchev–Trinajstić information content (AvgIpc) is 2.63. The lowest BCUT2D eigenvalue weighted by atomic mass is 9.78. The predicted molar refractivity (Wildman–Crippen MR) is 103 cm³/mol. The molecule has 3 heteroatoms. The van der Waals surface area contributed by atoms with Gasteiger partial charge in [-0.2, -0.15) is 0 Å². The van der Waals surface area contributed by atoms with Crippen molar-refractivity contribution in [2.24, 2.45) is 11.8 Å². The summed E-state index contributed by atoms with van der Waals surface area (Å²) in [4.78, 5) is 16.0. The number of esters is 1. The number of hydrogen-bond donors (Lipinski definition) is 0. The zero-order valence-corrected chi connectivity index (χ0v) is 16.1. The van der Waals surface area contributed by atoms with Gasteiger partial charge in [0, 0.05) is 12.1 Å². The predicted octanol–water partition coefficient (Wildman–Crippen LogP) is 6.11. The zero-order chi connectivity index (χ0) is 17.9. The van der Waals surface area contributed by atoms with Gasteiger partial charge < -0.3 is 4.74 Å². The summed E-state index contributed by atoms with van der Waals surface area (Å²) in [5.41, 5.74) is 1.11. The van der Waals surface area contributed by atoms with E-state index in [0.29, 0.717) is 12.2 Å². The maximum Gasteiger partial charge on any atom is 0.311 e. The quantitative estimate of drug-likeness (QED) is 0.379. The highest BCUT2D eigenvalue weighted by Crippen LogP contribution is 2.34. The molecule has 0 spiro atoms. The van der Waals surface area contributed by atoms with Gasteiger partial charge in [0.05, 0.1) is 6.20 Å². The number of aryl methyl sites for hydroxylation is 1. The minimum atomic E-state index is -0.173. The van der Waals surface area contributed by atoms with Crippen LogP contribution in [0.3, 0.4) is 0 Å². The summed E-state index contributed by atoms with van der Waals surface area (Å²) in [6.45, 7) is 4.26. The topological polar surface area (TPSA) is 39.2 Å². The molecule has 0 bridgehead atoms. The van der Waals surface area contributed by atoms with E-state index in [4.69, 9.17) is 4.74 Å². The number of rotatable bonds is 10. The lowest BCUT2D eigenvalue weighted by molar-refractivity contribution is -0.134. The molecule has 140 valence electrons. The molecule has 1 aromatic heterocycles. The van der Waals surface area contributed by atoms with Crippen LogP contribution in [0.25, 0.3) is 0 Å². The van der Waals surface area contributed by atoms with Crippen LogP contribution >= 0.6 is 0 Å². The van der Waals surface area contributed by atoms with Crippen molar-refractivity contribution < 1.29 is 9.53 Å². The van der Waals surface area contributed by atoms with E-state index in [0.717, 1.165) is 30.4 Å². The number of carbonyl (C=O) groups is 1. The van der Waals surface area contributed by atoms with E-state index in [1.807, 2.05) is 19.1 Å². The standard InChI is InChI=1S/C22H35NO2/c1-3-5-6-8-18-9-11-19(12-10-18)13-14-20-15-16-21(17-23-20)25-22(24)7-4-2/h15-19H,3-14H2,1-2H3/t18-,19-. The van der Waals surface area contributed by atoms with E-state index in [1.54, 1.807) is 6.20 Å². The van der Waals surface area contributed by atoms with E-state index in [2.05, 4.69) is 11.9 Å². The Labute approximate surface area is 153 Å². The Morgan fingerprint density at radius 1 is 1.04 bits per heavy atom. The van der Waals surface area contributed by atoms with Crippen LogP contribution in [0.1, 0.15) is 90.2 Å². The molecule has 0 aromatic carbocycles. The second-order valence-corrected chi connectivity index (χ2v) is 7.63. The largest absolute Gasteiger partial charge is 0.425 e. The van der Waals surface area contributed by atoms with Crippen molar-refractivity contribution in [1.29, 1.82) is 0 Å². The molecule has 3 nitrogen and oxygen atoms in total. The van der Waals surface area contributed by atoms with Gasteiger partial charge in [0.15, 0.2) is 0 Å². The SMILES string of the molecule is CCCCC[C@H]1CC[C@H](CCc2ccc(OC(=O)CCC)cn2)CC1. The van der Waals surface area contributed by atoms with Crippen LogP contribution in [0.2, 0.25) is 0 Å². The summed E-state index contributed by atoms with van der Waals surface area (Å²) in [5, 5.41) is 0. The molecule has 25 heavy (non-hydrogen) atoms. The lowest BCUT2D eigenvalue weighted by Gasteiger charge is -2.28. The Balaban J connectivity index is 1.65. The minimum absolute atomic E-state index is 0.173. The van der Waals surface area contributed by atoms with Crippen LogP contribution in [0.5, 0.6) is 5.75 Å². The normalized spacial score (nSPS) is 20.4. The Bertz CT molecular complexity index is 489. The summed E-state index contributed by atoms with van der Waals surface area (Å²) >= 11 is 0. The van der Waals surface area contributed by atoms with Crippen molar-refractivity contribution in [3.63, 3.8) is 0 Å². The van der Waals surface area contributed by atoms with Gasteiger partial charge in [0.2, 0.25) is 0 Å². The molecule has 2 rings (SSSR count). The van der Waals surface area contributed by atoms with Gasteiger partial charge in [-0.1, -0.05) is 65.2 Å². The number of aromatic nitrogens is 1. The number of unbranched alkanes of at least 4 members (excludes halogenated alkanes) is 2. The first-order valence-corrected chi connectivity index (χ1v) is 10.4. The zero-order valence-electron chi connectivity index (χ0n) is 16.1. The van der Waals surface area contributed by atoms with Crippen LogP contribution in [-0.2, 0) is 11.2 Å². The summed E-state index contributed by atoms with van der Waals surface area (Å²) < 4.78 is 5.25. The molecule has 0 radical (unpaired) electrons. The van der Waals surface area contributed by atoms with Crippen molar-refractivity contribution in [1.82, 2.24) is 4.98 Å². The summed E-state index contributed by atoms with van der Waals surface area (Å²) in [7, 11) is 0. The second-order valence-electron chi connectivity index (χ2n) is 7.63. The molecule has 0 unspecified atom stereocenters. The van der Waals surface area contributed by atoms with Gasteiger partial charge in [-0.3, -0.25) is 9.78 Å². The highest BCUT2D eigenvalue weighted by Gasteiger charge is 2.20. The smallest absolute Gasteiger partial charge is 0.311 e. The van der Waals surface area contributed by atoms with Gasteiger partial charge in [-0.15, -0.1) is 0 Å². The molecule has 1 aliphatic rings. The Hall–Kier alpha value is -1.38. The number of ether oxygens (including phenoxy) is 1. The van der Waals surface area contributed by atoms with Crippen molar-refractivity contribution in [2.75, 3.05) is 0 Å². The van der Waals surface area contributed by atoms with Gasteiger partial charge in [-0.25, -0.2) is 0 Å². The highest BCUT2D eigenvalue weighted by atomic mass is 16.5. The van der Waals surface area contributed by atoms with Crippen LogP contribution < -0.4 is 4.74 Å². The number of pyridine rings is 1. The molecule has 1 fully saturated rings. The fraction of sp³-hybridized carbons (Fsp3) is 0.727. The minimum Gasteiger partial charge on any atom is -0.425 e. The lowest BCUT2D eigenvalue weighted by Crippen LogP contribution is -2.15. The molecule has 0 atom stereocenters. The number of carbonyl (C=O) groups excluding carboxylic acids is 1. The fourth-order valence-corrected chi connectivity index (χ4v) is 3.85. The first kappa shape index (κ1) is 19.9. The van der Waals surface area contributed by atoms with E-state index >= 15 is 0 Å². The van der Waals surface area contributed by atoms with Crippen molar-refractivity contribution in [3.8, 4) is 5.75 Å². The van der Waals surface area contributed by atoms with Crippen LogP contribution in [0.15, 0.2) is 18.3 Å². The third kappa shape index (κ3) is 7.58. The third-order valence-electron chi connectivity index (χ3n) is 5.47. The van der Waals surface area contributed by atoms with Gasteiger partial charge >= 0.3 is 5.97 Å². The second kappa shape index (κ2) is 11.3. The number of nitrogens with zero attached hydrogens (tertiary/aromatic N) is 1. The molecule has 0 amide bonds. The summed E-state index contributed by atoms with van der Waals surface area (Å²) in [5.74, 6) is 2.24. The highest BCUT2D eigenvalue weighted by molar-refractivity contribution is 5.72. The molecule has 1 aromatic rings. The molecule has 1 aliphatic carbocycles. The first-order chi connectivity index (χ1) is 12.2. The average molecular weight is 346 g/mol. The van der Waals surface area contributed by atoms with Crippen molar-refractivity contribution in [2.45, 2.75) is 90.9 Å². The number of hydrogen-bond acceptors (Lipinski definition) is 3. The third-order valence-corrected chi connectivity index (χ3v) is 5.47. The van der Waals surface area contributed by atoms with Crippen LogP contribution in [0.4, 0.5) is 0 Å². The molecular formula is C22H35NO2. The van der Waals surface area contributed by atoms with E-state index < -0.39 is 0 Å². The van der Waals surface area contributed by atoms with Crippen LogP contribution in [-0.4, -0.2) is 11.0 Å². The van der Waals surface area contributed by atoms with Gasteiger partial charge in [0.25, 0.3) is 0 Å². The Morgan fingerprint density at radius 2 is 1.76 bits per heavy atom. The van der Waals surface area contributed by atoms with Crippen molar-refractivity contribution >= 4 is 5.97 Å². The molecular weight excluding hydrogens is 310 g/mol. The molecule has 1 heterocycles.